The van der Waals surface area contributed by atoms with Crippen molar-refractivity contribution in [1.82, 2.24) is 14.9 Å². The fourth-order valence-corrected chi connectivity index (χ4v) is 10.9. The minimum absolute atomic E-state index is 0.00486. The first-order chi connectivity index (χ1) is 22.5. The van der Waals surface area contributed by atoms with E-state index in [2.05, 4.69) is 15.8 Å². The zero-order valence-corrected chi connectivity index (χ0v) is 26.9. The number of benzene rings is 3. The number of alkyl halides is 1. The van der Waals surface area contributed by atoms with Crippen molar-refractivity contribution in [3.05, 3.63) is 53.8 Å². The van der Waals surface area contributed by atoms with E-state index < -0.39 is 32.6 Å². The van der Waals surface area contributed by atoms with Crippen molar-refractivity contribution in [3.63, 3.8) is 0 Å². The molecule has 4 fully saturated rings. The minimum atomic E-state index is -3.23. The maximum Gasteiger partial charge on any atom is 0.319 e. The van der Waals surface area contributed by atoms with Crippen molar-refractivity contribution >= 4 is 37.3 Å². The largest absolute Gasteiger partial charge is 0.508 e. The molecule has 2 unspecified atom stereocenters. The number of nitrogens with zero attached hydrogens (tertiary/aromatic N) is 4. The Balaban J connectivity index is 1.26. The summed E-state index contributed by atoms with van der Waals surface area (Å²) in [7, 11) is -3.23. The number of anilines is 1. The molecule has 11 heteroatoms. The number of phenols is 1. The molecule has 4 heterocycles. The van der Waals surface area contributed by atoms with Crippen LogP contribution in [-0.2, 0) is 9.84 Å². The van der Waals surface area contributed by atoms with Gasteiger partial charge in [0.05, 0.1) is 10.8 Å². The molecule has 1 aromatic heterocycles. The summed E-state index contributed by atoms with van der Waals surface area (Å²) in [6.07, 6.45) is 9.95. The molecule has 244 valence electrons. The Bertz CT molecular complexity index is 2070. The van der Waals surface area contributed by atoms with E-state index in [0.29, 0.717) is 59.2 Å². The summed E-state index contributed by atoms with van der Waals surface area (Å²) < 4.78 is 63.1. The molecule has 3 aromatic carbocycles. The van der Waals surface area contributed by atoms with Crippen LogP contribution in [0.3, 0.4) is 0 Å². The van der Waals surface area contributed by atoms with Gasteiger partial charge in [-0.25, -0.2) is 17.2 Å². The van der Waals surface area contributed by atoms with Crippen molar-refractivity contribution in [3.8, 4) is 35.2 Å². The van der Waals surface area contributed by atoms with Crippen LogP contribution in [0.4, 0.5) is 14.6 Å². The van der Waals surface area contributed by atoms with Crippen molar-refractivity contribution in [2.24, 2.45) is 11.8 Å². The van der Waals surface area contributed by atoms with Crippen LogP contribution in [-0.4, -0.2) is 84.4 Å². The van der Waals surface area contributed by atoms with E-state index in [4.69, 9.17) is 16.1 Å². The molecule has 4 aromatic rings. The summed E-state index contributed by atoms with van der Waals surface area (Å²) in [6, 6.07) is 11.9. The molecular weight excluding hydrogens is 622 g/mol. The zero-order chi connectivity index (χ0) is 32.7. The lowest BCUT2D eigenvalue weighted by Crippen LogP contribution is -2.48. The number of aromatic nitrogens is 2. The summed E-state index contributed by atoms with van der Waals surface area (Å²) in [5, 5.41) is 12.0. The fourth-order valence-electron chi connectivity index (χ4n) is 9.08. The number of halogens is 2. The Kier molecular flexibility index (Phi) is 7.12. The number of terminal acetylenes is 1. The van der Waals surface area contributed by atoms with Crippen molar-refractivity contribution in [2.75, 3.05) is 43.9 Å². The third-order valence-electron chi connectivity index (χ3n) is 10.9. The summed E-state index contributed by atoms with van der Waals surface area (Å²) >= 11 is 0. The quantitative estimate of drug-likeness (QED) is 0.272. The lowest BCUT2D eigenvalue weighted by Gasteiger charge is -2.38. The van der Waals surface area contributed by atoms with Gasteiger partial charge in [0.2, 0.25) is 0 Å². The van der Waals surface area contributed by atoms with Gasteiger partial charge in [-0.2, -0.15) is 9.97 Å². The number of fused-ring (bicyclic) bond motifs is 5. The Morgan fingerprint density at radius 3 is 2.64 bits per heavy atom. The van der Waals surface area contributed by atoms with E-state index in [-0.39, 0.29) is 41.3 Å². The maximum absolute atomic E-state index is 16.9. The molecule has 8 nitrogen and oxygen atoms in total. The molecule has 0 radical (unpaired) electrons. The van der Waals surface area contributed by atoms with Crippen LogP contribution in [0.5, 0.6) is 11.8 Å². The molecule has 1 N–H and O–H groups in total. The van der Waals surface area contributed by atoms with Crippen molar-refractivity contribution in [1.29, 1.82) is 0 Å². The van der Waals surface area contributed by atoms with Gasteiger partial charge in [-0.3, -0.25) is 4.90 Å². The van der Waals surface area contributed by atoms with Gasteiger partial charge in [0, 0.05) is 54.2 Å². The number of hydrogen-bond acceptors (Lipinski definition) is 8. The molecule has 4 atom stereocenters. The fraction of sp³-hybridized carbons (Fsp3) is 0.444. The number of piperidine rings is 1. The number of sulfone groups is 1. The van der Waals surface area contributed by atoms with Gasteiger partial charge in [0.15, 0.2) is 15.7 Å². The molecule has 1 saturated carbocycles. The van der Waals surface area contributed by atoms with Gasteiger partial charge in [-0.15, -0.1) is 6.42 Å². The van der Waals surface area contributed by atoms with Gasteiger partial charge < -0.3 is 14.7 Å². The van der Waals surface area contributed by atoms with E-state index in [1.54, 1.807) is 30.3 Å². The number of phenolic OH excluding ortho intramolecular Hbond substituents is 1. The van der Waals surface area contributed by atoms with E-state index in [0.717, 1.165) is 32.2 Å². The second kappa shape index (κ2) is 11.0. The average molecular weight is 659 g/mol. The third-order valence-corrected chi connectivity index (χ3v) is 12.7. The van der Waals surface area contributed by atoms with Crippen LogP contribution < -0.4 is 9.64 Å². The van der Waals surface area contributed by atoms with Crippen LogP contribution >= 0.6 is 0 Å². The van der Waals surface area contributed by atoms with Crippen LogP contribution in [0.2, 0.25) is 0 Å². The van der Waals surface area contributed by atoms with Gasteiger partial charge >= 0.3 is 6.01 Å². The number of ether oxygens (including phenoxy) is 1. The minimum Gasteiger partial charge on any atom is -0.508 e. The molecule has 0 spiro atoms. The smallest absolute Gasteiger partial charge is 0.319 e. The van der Waals surface area contributed by atoms with Gasteiger partial charge in [-0.05, 0) is 79.3 Å². The highest BCUT2D eigenvalue weighted by Gasteiger charge is 2.50. The summed E-state index contributed by atoms with van der Waals surface area (Å²) in [6.45, 7) is 2.30. The van der Waals surface area contributed by atoms with E-state index in [1.807, 2.05) is 11.0 Å². The van der Waals surface area contributed by atoms with Crippen LogP contribution in [0.15, 0.2) is 42.5 Å². The summed E-state index contributed by atoms with van der Waals surface area (Å²) in [5.74, 6) is 2.40. The van der Waals surface area contributed by atoms with Gasteiger partial charge in [0.25, 0.3) is 0 Å². The molecule has 47 heavy (non-hydrogen) atoms. The lowest BCUT2D eigenvalue weighted by atomic mass is 9.93. The molecule has 2 bridgehead atoms. The van der Waals surface area contributed by atoms with Gasteiger partial charge in [-0.1, -0.05) is 24.1 Å². The molecule has 3 saturated heterocycles. The molecule has 0 amide bonds. The predicted octanol–water partition coefficient (Wildman–Crippen LogP) is 5.49. The van der Waals surface area contributed by atoms with Crippen LogP contribution in [0.1, 0.15) is 37.7 Å². The Labute approximate surface area is 272 Å². The number of aromatic hydroxyl groups is 1. The monoisotopic (exact) mass is 658 g/mol. The molecule has 4 aliphatic rings. The highest BCUT2D eigenvalue weighted by atomic mass is 32.2. The first kappa shape index (κ1) is 30.3. The van der Waals surface area contributed by atoms with E-state index >= 15 is 4.39 Å². The molecule has 3 aliphatic heterocycles. The first-order valence-electron chi connectivity index (χ1n) is 16.2. The number of rotatable bonds is 6. The van der Waals surface area contributed by atoms with E-state index in [1.165, 1.54) is 12.3 Å². The normalized spacial score (nSPS) is 27.4. The zero-order valence-electron chi connectivity index (χ0n) is 26.1. The maximum atomic E-state index is 16.9. The molecule has 8 rings (SSSR count). The van der Waals surface area contributed by atoms with Crippen LogP contribution in [0.25, 0.3) is 32.8 Å². The molecule has 1 aliphatic carbocycles. The topological polar surface area (TPSA) is 95.9 Å². The lowest BCUT2D eigenvalue weighted by molar-refractivity contribution is 0.107. The highest BCUT2D eigenvalue weighted by molar-refractivity contribution is 7.91. The van der Waals surface area contributed by atoms with Gasteiger partial charge in [0.1, 0.15) is 29.9 Å². The Morgan fingerprint density at radius 1 is 1.11 bits per heavy atom. The van der Waals surface area contributed by atoms with E-state index in [9.17, 15) is 17.9 Å². The van der Waals surface area contributed by atoms with Crippen LogP contribution in [0, 0.1) is 30.0 Å². The Hall–Kier alpha value is -4.01. The highest BCUT2D eigenvalue weighted by Crippen LogP contribution is 2.45. The van der Waals surface area contributed by atoms with Crippen molar-refractivity contribution in [2.45, 2.75) is 49.1 Å². The second-order valence-electron chi connectivity index (χ2n) is 13.9. The summed E-state index contributed by atoms with van der Waals surface area (Å²) in [5.41, 5.74) is 0.811. The Morgan fingerprint density at radius 2 is 1.89 bits per heavy atom. The standard InChI is InChI=1S/C36H36F2N4O4S/c1-3-21-6-4-7-22-14-26(43)15-29(30(21)22)27-10-11-28-32(31(27)38)39-35(46-20-36-12-5-13-42(36)19-25(37)16-36)40-34(28)41-17-23-8-9-24(18-41)33(23)47(2,44)45/h1,4,6-7,10-11,14-15,23-25,33,43H,5,8-9,12-13,16-20H2,2H3/t23?,24?,25-,33?,36+/m1/s1. The second-order valence-corrected chi connectivity index (χ2v) is 16.1. The SMILES string of the molecule is C#Cc1cccc2cc(O)cc(-c3ccc4c(N5CC6CCC(C5)C6S(C)(=O)=O)nc(OC[C@@]56CCCN5C[C@H](F)C6)nc4c3F)c12. The third kappa shape index (κ3) is 4.99. The average Bonchev–Trinajstić information content (AvgIpc) is 3.66. The number of hydrogen-bond donors (Lipinski definition) is 1. The molecular formula is C36H36F2N4O4S. The predicted molar refractivity (Wildman–Crippen MR) is 178 cm³/mol. The first-order valence-corrected chi connectivity index (χ1v) is 18.2. The van der Waals surface area contributed by atoms with Crippen molar-refractivity contribution < 1.29 is 27.0 Å². The summed E-state index contributed by atoms with van der Waals surface area (Å²) in [4.78, 5) is 13.6.